The Kier molecular flexibility index (Phi) is 7.56. The van der Waals surface area contributed by atoms with E-state index in [1.807, 2.05) is 0 Å². The van der Waals surface area contributed by atoms with Crippen molar-refractivity contribution in [2.75, 3.05) is 29.8 Å². The number of hydrogen-bond donors (Lipinski definition) is 3. The zero-order valence-electron chi connectivity index (χ0n) is 19.9. The van der Waals surface area contributed by atoms with Crippen LogP contribution in [-0.2, 0) is 9.59 Å². The molecule has 0 saturated heterocycles. The lowest BCUT2D eigenvalue weighted by Gasteiger charge is -2.18. The van der Waals surface area contributed by atoms with Crippen LogP contribution in [0.2, 0.25) is 5.02 Å². The summed E-state index contributed by atoms with van der Waals surface area (Å²) in [5, 5.41) is 14.4. The number of anilines is 3. The molecule has 0 fully saturated rings. The number of nitrogens with one attached hydrogen (secondary N) is 2. The number of para-hydroxylation sites is 2. The van der Waals surface area contributed by atoms with E-state index >= 15 is 0 Å². The standard InChI is InChI=1S/C26H19Cl2N3O7/c1-37-19-9-4-3-8-18(19)31-24(33)21(28)22(25(31)34)29-14-7-5-6-13(10-14)23(32)30-17-12-20(38-2)15(26(35)36)11-16(17)27/h3-12,29H,1-2H3,(H,30,32)(H,35,36). The molecule has 194 valence electrons. The van der Waals surface area contributed by atoms with Gasteiger partial charge in [0.15, 0.2) is 0 Å². The summed E-state index contributed by atoms with van der Waals surface area (Å²) in [6.07, 6.45) is 0. The van der Waals surface area contributed by atoms with E-state index in [2.05, 4.69) is 10.6 Å². The number of aromatic carboxylic acids is 1. The molecule has 10 nitrogen and oxygen atoms in total. The van der Waals surface area contributed by atoms with Crippen LogP contribution >= 0.6 is 23.2 Å². The van der Waals surface area contributed by atoms with Crippen molar-refractivity contribution in [3.8, 4) is 11.5 Å². The molecule has 0 atom stereocenters. The number of carboxylic acids is 1. The molecule has 0 spiro atoms. The van der Waals surface area contributed by atoms with Crippen molar-refractivity contribution in [3.05, 3.63) is 87.5 Å². The number of carboxylic acid groups (broad SMARTS) is 1. The summed E-state index contributed by atoms with van der Waals surface area (Å²) in [6.45, 7) is 0. The SMILES string of the molecule is COc1cc(NC(=O)c2cccc(NC3=C(Cl)C(=O)N(c4ccccc4OC)C3=O)c2)c(Cl)cc1C(=O)O. The molecule has 4 rings (SSSR count). The van der Waals surface area contributed by atoms with Gasteiger partial charge in [-0.25, -0.2) is 9.69 Å². The van der Waals surface area contributed by atoms with Crippen molar-refractivity contribution < 1.29 is 33.8 Å². The topological polar surface area (TPSA) is 134 Å². The van der Waals surface area contributed by atoms with E-state index in [9.17, 15) is 24.3 Å². The van der Waals surface area contributed by atoms with Crippen LogP contribution in [0.4, 0.5) is 17.1 Å². The maximum atomic E-state index is 13.1. The number of carbonyl (C=O) groups excluding carboxylic acids is 3. The lowest BCUT2D eigenvalue weighted by molar-refractivity contribution is -0.120. The Bertz CT molecular complexity index is 1520. The first-order valence-electron chi connectivity index (χ1n) is 10.9. The van der Waals surface area contributed by atoms with Gasteiger partial charge in [-0.1, -0.05) is 41.4 Å². The minimum Gasteiger partial charge on any atom is -0.496 e. The minimum absolute atomic E-state index is 0.00531. The van der Waals surface area contributed by atoms with E-state index in [1.165, 1.54) is 38.5 Å². The molecule has 0 aromatic heterocycles. The first-order valence-corrected chi connectivity index (χ1v) is 11.6. The number of ether oxygens (including phenoxy) is 2. The number of carbonyl (C=O) groups is 4. The summed E-state index contributed by atoms with van der Waals surface area (Å²) in [5.74, 6) is -2.92. The molecule has 0 aliphatic carbocycles. The number of benzene rings is 3. The normalized spacial score (nSPS) is 13.0. The molecule has 3 amide bonds. The average Bonchev–Trinajstić information content (AvgIpc) is 3.12. The number of amides is 3. The highest BCUT2D eigenvalue weighted by Crippen LogP contribution is 2.36. The smallest absolute Gasteiger partial charge is 0.339 e. The fraction of sp³-hybridized carbons (Fsp3) is 0.0769. The van der Waals surface area contributed by atoms with Crippen LogP contribution in [0.15, 0.2) is 71.4 Å². The number of halogens is 2. The van der Waals surface area contributed by atoms with Gasteiger partial charge in [0.25, 0.3) is 17.7 Å². The van der Waals surface area contributed by atoms with E-state index in [1.54, 1.807) is 36.4 Å². The number of rotatable bonds is 8. The van der Waals surface area contributed by atoms with Crippen molar-refractivity contribution in [1.29, 1.82) is 0 Å². The molecule has 12 heteroatoms. The quantitative estimate of drug-likeness (QED) is 0.339. The van der Waals surface area contributed by atoms with Gasteiger partial charge in [-0.15, -0.1) is 0 Å². The number of hydrogen-bond acceptors (Lipinski definition) is 7. The van der Waals surface area contributed by atoms with E-state index in [0.717, 1.165) is 4.90 Å². The van der Waals surface area contributed by atoms with Gasteiger partial charge in [0.1, 0.15) is 27.8 Å². The number of imide groups is 1. The molecule has 38 heavy (non-hydrogen) atoms. The van der Waals surface area contributed by atoms with Crippen molar-refractivity contribution in [1.82, 2.24) is 0 Å². The average molecular weight is 556 g/mol. The van der Waals surface area contributed by atoms with Gasteiger partial charge in [0, 0.05) is 17.3 Å². The van der Waals surface area contributed by atoms with Crippen molar-refractivity contribution in [2.24, 2.45) is 0 Å². The maximum Gasteiger partial charge on any atom is 0.339 e. The van der Waals surface area contributed by atoms with Crippen LogP contribution in [-0.4, -0.2) is 43.0 Å². The molecule has 3 aromatic rings. The van der Waals surface area contributed by atoms with Gasteiger partial charge in [-0.3, -0.25) is 14.4 Å². The van der Waals surface area contributed by atoms with Gasteiger partial charge >= 0.3 is 5.97 Å². The third-order valence-corrected chi connectivity index (χ3v) is 6.18. The summed E-state index contributed by atoms with van der Waals surface area (Å²) >= 11 is 12.4. The van der Waals surface area contributed by atoms with Crippen LogP contribution in [0, 0.1) is 0 Å². The van der Waals surface area contributed by atoms with Crippen LogP contribution in [0.25, 0.3) is 0 Å². The lowest BCUT2D eigenvalue weighted by atomic mass is 10.1. The Morgan fingerprint density at radius 3 is 2.29 bits per heavy atom. The zero-order chi connectivity index (χ0) is 27.6. The predicted octanol–water partition coefficient (Wildman–Crippen LogP) is 4.74. The molecule has 0 radical (unpaired) electrons. The van der Waals surface area contributed by atoms with Gasteiger partial charge < -0.3 is 25.2 Å². The number of nitrogens with zero attached hydrogens (tertiary/aromatic N) is 1. The molecular formula is C26H19Cl2N3O7. The molecular weight excluding hydrogens is 537 g/mol. The summed E-state index contributed by atoms with van der Waals surface area (Å²) in [5.41, 5.74) is 0.504. The van der Waals surface area contributed by atoms with Crippen LogP contribution in [0.1, 0.15) is 20.7 Å². The fourth-order valence-electron chi connectivity index (χ4n) is 3.71. The van der Waals surface area contributed by atoms with E-state index < -0.39 is 23.7 Å². The Morgan fingerprint density at radius 1 is 0.895 bits per heavy atom. The van der Waals surface area contributed by atoms with Crippen molar-refractivity contribution in [3.63, 3.8) is 0 Å². The zero-order valence-corrected chi connectivity index (χ0v) is 21.4. The molecule has 3 aromatic carbocycles. The third-order valence-electron chi connectivity index (χ3n) is 5.52. The van der Waals surface area contributed by atoms with Gasteiger partial charge in [-0.05, 0) is 36.4 Å². The monoisotopic (exact) mass is 555 g/mol. The highest BCUT2D eigenvalue weighted by Gasteiger charge is 2.40. The molecule has 0 unspecified atom stereocenters. The molecule has 0 bridgehead atoms. The third kappa shape index (κ3) is 4.99. The Balaban J connectivity index is 1.56. The molecule has 3 N–H and O–H groups in total. The second kappa shape index (κ2) is 10.8. The molecule has 1 aliphatic rings. The van der Waals surface area contributed by atoms with Gasteiger partial charge in [0.2, 0.25) is 0 Å². The predicted molar refractivity (Wildman–Crippen MR) is 141 cm³/mol. The number of methoxy groups -OCH3 is 2. The molecule has 1 heterocycles. The van der Waals surface area contributed by atoms with E-state index in [-0.39, 0.29) is 44.0 Å². The highest BCUT2D eigenvalue weighted by atomic mass is 35.5. The van der Waals surface area contributed by atoms with Crippen LogP contribution < -0.4 is 25.0 Å². The van der Waals surface area contributed by atoms with Crippen molar-refractivity contribution >= 4 is 64.0 Å². The second-order valence-electron chi connectivity index (χ2n) is 7.80. The van der Waals surface area contributed by atoms with Crippen LogP contribution in [0.3, 0.4) is 0 Å². The molecule has 1 aliphatic heterocycles. The lowest BCUT2D eigenvalue weighted by Crippen LogP contribution is -2.32. The first-order chi connectivity index (χ1) is 18.2. The summed E-state index contributed by atoms with van der Waals surface area (Å²) in [6, 6.07) is 15.0. The summed E-state index contributed by atoms with van der Waals surface area (Å²) in [7, 11) is 2.71. The second-order valence-corrected chi connectivity index (χ2v) is 8.59. The molecule has 0 saturated carbocycles. The van der Waals surface area contributed by atoms with E-state index in [0.29, 0.717) is 11.4 Å². The summed E-state index contributed by atoms with van der Waals surface area (Å²) in [4.78, 5) is 51.1. The highest BCUT2D eigenvalue weighted by molar-refractivity contribution is 6.53. The Labute approximate surface area is 226 Å². The van der Waals surface area contributed by atoms with E-state index in [4.69, 9.17) is 32.7 Å². The summed E-state index contributed by atoms with van der Waals surface area (Å²) < 4.78 is 10.3. The van der Waals surface area contributed by atoms with Gasteiger partial charge in [-0.2, -0.15) is 0 Å². The Morgan fingerprint density at radius 2 is 1.61 bits per heavy atom. The van der Waals surface area contributed by atoms with Crippen molar-refractivity contribution in [2.45, 2.75) is 0 Å². The first kappa shape index (κ1) is 26.5. The largest absolute Gasteiger partial charge is 0.496 e. The van der Waals surface area contributed by atoms with Crippen LogP contribution in [0.5, 0.6) is 11.5 Å². The fourth-order valence-corrected chi connectivity index (χ4v) is 4.13. The maximum absolute atomic E-state index is 13.1. The minimum atomic E-state index is -1.24. The Hall–Kier alpha value is -4.54. The van der Waals surface area contributed by atoms with Gasteiger partial charge in [0.05, 0.1) is 30.6 Å².